The molecule has 7 nitrogen and oxygen atoms in total. The van der Waals surface area contributed by atoms with E-state index in [0.29, 0.717) is 5.69 Å². The first-order valence-corrected chi connectivity index (χ1v) is 10.8. The van der Waals surface area contributed by atoms with Gasteiger partial charge in [0, 0.05) is 29.5 Å². The van der Waals surface area contributed by atoms with Gasteiger partial charge in [-0.05, 0) is 54.1 Å². The van der Waals surface area contributed by atoms with Gasteiger partial charge < -0.3 is 19.9 Å². The fourth-order valence-electron chi connectivity index (χ4n) is 3.65. The van der Waals surface area contributed by atoms with Gasteiger partial charge in [0.1, 0.15) is 16.5 Å². The third-order valence-electron chi connectivity index (χ3n) is 5.47. The van der Waals surface area contributed by atoms with Gasteiger partial charge in [0.15, 0.2) is 0 Å². The molecule has 174 valence electrons. The fourth-order valence-corrected chi connectivity index (χ4v) is 3.65. The number of H-pyrrole nitrogens is 3. The number of aromatic amines is 3. The molecule has 0 spiro atoms. The Morgan fingerprint density at radius 3 is 2.21 bits per heavy atom. The van der Waals surface area contributed by atoms with Crippen LogP contribution in [0.25, 0.3) is 12.2 Å². The van der Waals surface area contributed by atoms with Crippen LogP contribution in [0.5, 0.6) is 0 Å². The third-order valence-corrected chi connectivity index (χ3v) is 5.47. The van der Waals surface area contributed by atoms with Crippen LogP contribution in [0.2, 0.25) is 0 Å². The fraction of sp³-hybridized carbons (Fsp3) is 0.192. The molecule has 2 heterocycles. The highest BCUT2D eigenvalue weighted by molar-refractivity contribution is 5.65. The molecule has 3 N–H and O–H groups in total. The first-order chi connectivity index (χ1) is 16.1. The Morgan fingerprint density at radius 1 is 0.912 bits per heavy atom. The topological polar surface area (TPSA) is 97.6 Å². The summed E-state index contributed by atoms with van der Waals surface area (Å²) in [5.41, 5.74) is 2.81. The lowest BCUT2D eigenvalue weighted by Gasteiger charge is -2.19. The molecule has 2 aromatic heterocycles. The van der Waals surface area contributed by atoms with E-state index in [4.69, 9.17) is 0 Å². The van der Waals surface area contributed by atoms with E-state index in [1.807, 2.05) is 57.0 Å². The molecule has 0 aliphatic rings. The van der Waals surface area contributed by atoms with Crippen molar-refractivity contribution in [3.8, 4) is 0 Å². The molecule has 0 unspecified atom stereocenters. The van der Waals surface area contributed by atoms with E-state index in [2.05, 4.69) is 19.9 Å². The molecule has 0 aliphatic heterocycles. The highest BCUT2D eigenvalue weighted by atomic mass is 19.1. The minimum absolute atomic E-state index is 0.129. The first-order valence-electron chi connectivity index (χ1n) is 10.8. The first kappa shape index (κ1) is 23.0. The van der Waals surface area contributed by atoms with E-state index in [-0.39, 0.29) is 21.9 Å². The lowest BCUT2D eigenvalue weighted by atomic mass is 9.90. The molecule has 2 aromatic carbocycles. The van der Waals surface area contributed by atoms with Gasteiger partial charge in [0.25, 0.3) is 11.1 Å². The molecule has 4 aromatic rings. The number of hydrogen-bond acceptors (Lipinski definition) is 4. The molecule has 0 atom stereocenters. The average Bonchev–Trinajstić information content (AvgIpc) is 3.26. The zero-order chi connectivity index (χ0) is 24.5. The molecular weight excluding hydrogens is 433 g/mol. The SMILES string of the molecule is CN(c1ccc(F)cc1)c1cccc(/C=c2\[nH]c(=O)/c(=C/c3nc[nH]c3C(C)(C)C)[nH]c2=O)c1. The Kier molecular flexibility index (Phi) is 6.06. The summed E-state index contributed by atoms with van der Waals surface area (Å²) in [5, 5.41) is 0.270. The van der Waals surface area contributed by atoms with Gasteiger partial charge in [-0.1, -0.05) is 32.9 Å². The quantitative estimate of drug-likeness (QED) is 0.437. The number of halogens is 1. The molecule has 0 saturated carbocycles. The van der Waals surface area contributed by atoms with Crippen molar-refractivity contribution in [3.63, 3.8) is 0 Å². The van der Waals surface area contributed by atoms with Gasteiger partial charge in [0.2, 0.25) is 0 Å². The molecule has 8 heteroatoms. The summed E-state index contributed by atoms with van der Waals surface area (Å²) in [7, 11) is 1.87. The summed E-state index contributed by atoms with van der Waals surface area (Å²) in [5.74, 6) is -0.301. The number of hydrogen-bond donors (Lipinski definition) is 3. The van der Waals surface area contributed by atoms with Crippen molar-refractivity contribution in [1.82, 2.24) is 19.9 Å². The van der Waals surface area contributed by atoms with E-state index in [1.54, 1.807) is 30.6 Å². The van der Waals surface area contributed by atoms with Crippen LogP contribution in [-0.4, -0.2) is 27.0 Å². The lowest BCUT2D eigenvalue weighted by molar-refractivity contribution is 0.571. The van der Waals surface area contributed by atoms with Crippen LogP contribution in [-0.2, 0) is 5.41 Å². The van der Waals surface area contributed by atoms with Crippen LogP contribution in [0.3, 0.4) is 0 Å². The van der Waals surface area contributed by atoms with Gasteiger partial charge in [-0.2, -0.15) is 0 Å². The monoisotopic (exact) mass is 459 g/mol. The maximum Gasteiger partial charge on any atom is 0.272 e. The summed E-state index contributed by atoms with van der Waals surface area (Å²) < 4.78 is 13.2. The van der Waals surface area contributed by atoms with Crippen molar-refractivity contribution in [2.24, 2.45) is 0 Å². The number of nitrogens with zero attached hydrogens (tertiary/aromatic N) is 2. The number of nitrogens with one attached hydrogen (secondary N) is 3. The van der Waals surface area contributed by atoms with Gasteiger partial charge in [-0.15, -0.1) is 0 Å². The summed E-state index contributed by atoms with van der Waals surface area (Å²) in [6, 6.07) is 13.6. The third kappa shape index (κ3) is 4.91. The zero-order valence-electron chi connectivity index (χ0n) is 19.4. The minimum atomic E-state index is -0.423. The number of rotatable bonds is 4. The number of imidazole rings is 1. The second-order valence-corrected chi connectivity index (χ2v) is 9.07. The Morgan fingerprint density at radius 2 is 1.56 bits per heavy atom. The molecule has 0 fully saturated rings. The molecule has 0 amide bonds. The van der Waals surface area contributed by atoms with Gasteiger partial charge in [-0.25, -0.2) is 9.37 Å². The van der Waals surface area contributed by atoms with Crippen LogP contribution >= 0.6 is 0 Å². The molecule has 0 radical (unpaired) electrons. The van der Waals surface area contributed by atoms with Crippen LogP contribution in [0.15, 0.2) is 64.4 Å². The predicted octanol–water partition coefficient (Wildman–Crippen LogP) is 2.65. The molecule has 0 bridgehead atoms. The van der Waals surface area contributed by atoms with E-state index >= 15 is 0 Å². The van der Waals surface area contributed by atoms with Crippen LogP contribution < -0.4 is 26.7 Å². The molecule has 0 saturated heterocycles. The van der Waals surface area contributed by atoms with Crippen molar-refractivity contribution in [1.29, 1.82) is 0 Å². The largest absolute Gasteiger partial charge is 0.348 e. The van der Waals surface area contributed by atoms with Crippen molar-refractivity contribution in [2.45, 2.75) is 26.2 Å². The number of anilines is 2. The van der Waals surface area contributed by atoms with Crippen LogP contribution in [0, 0.1) is 5.82 Å². The zero-order valence-corrected chi connectivity index (χ0v) is 19.4. The normalized spacial score (nSPS) is 12.9. The van der Waals surface area contributed by atoms with Crippen molar-refractivity contribution in [2.75, 3.05) is 11.9 Å². The van der Waals surface area contributed by atoms with Crippen LogP contribution in [0.1, 0.15) is 37.7 Å². The Hall–Kier alpha value is -4.20. The average molecular weight is 460 g/mol. The van der Waals surface area contributed by atoms with Crippen molar-refractivity contribution in [3.05, 3.63) is 109 Å². The molecule has 0 aliphatic carbocycles. The summed E-state index contributed by atoms with van der Waals surface area (Å²) in [4.78, 5) is 40.0. The second-order valence-electron chi connectivity index (χ2n) is 9.07. The Bertz CT molecular complexity index is 1560. The lowest BCUT2D eigenvalue weighted by Crippen LogP contribution is -2.46. The summed E-state index contributed by atoms with van der Waals surface area (Å²) >= 11 is 0. The van der Waals surface area contributed by atoms with Crippen molar-refractivity contribution >= 4 is 23.5 Å². The Labute approximate surface area is 195 Å². The van der Waals surface area contributed by atoms with Gasteiger partial charge in [-0.3, -0.25) is 9.59 Å². The van der Waals surface area contributed by atoms with E-state index in [1.165, 1.54) is 12.1 Å². The summed E-state index contributed by atoms with van der Waals surface area (Å²) in [6.45, 7) is 6.10. The predicted molar refractivity (Wildman–Crippen MR) is 132 cm³/mol. The molecular formula is C26H26FN5O2. The number of aromatic nitrogens is 4. The number of benzene rings is 2. The van der Waals surface area contributed by atoms with Gasteiger partial charge in [0.05, 0.1) is 12.0 Å². The minimum Gasteiger partial charge on any atom is -0.348 e. The second kappa shape index (κ2) is 8.97. The highest BCUT2D eigenvalue weighted by Gasteiger charge is 2.19. The van der Waals surface area contributed by atoms with E-state index in [9.17, 15) is 14.0 Å². The Balaban J connectivity index is 1.72. The van der Waals surface area contributed by atoms with E-state index in [0.717, 1.165) is 22.6 Å². The van der Waals surface area contributed by atoms with Gasteiger partial charge >= 0.3 is 0 Å². The maximum absolute atomic E-state index is 13.2. The standard InChI is InChI=1S/C26H26FN5O2/c1-26(2,3)23-20(28-15-29-23)14-22-25(34)30-21(24(33)31-22)13-16-6-5-7-19(12-16)32(4)18-10-8-17(27)9-11-18/h5-15H,1-4H3,(H,28,29)(H,30,34)(H,31,33)/b21-13-,22-14-. The highest BCUT2D eigenvalue weighted by Crippen LogP contribution is 2.25. The molecule has 34 heavy (non-hydrogen) atoms. The van der Waals surface area contributed by atoms with Crippen molar-refractivity contribution < 1.29 is 4.39 Å². The smallest absolute Gasteiger partial charge is 0.272 e. The summed E-state index contributed by atoms with van der Waals surface area (Å²) in [6.07, 6.45) is 4.75. The maximum atomic E-state index is 13.2. The molecule has 4 rings (SSSR count). The van der Waals surface area contributed by atoms with Crippen LogP contribution in [0.4, 0.5) is 15.8 Å². The van der Waals surface area contributed by atoms with E-state index < -0.39 is 11.1 Å².